The van der Waals surface area contributed by atoms with Crippen LogP contribution in [-0.4, -0.2) is 15.0 Å². The van der Waals surface area contributed by atoms with E-state index in [0.717, 1.165) is 11.8 Å². The second kappa shape index (κ2) is 4.84. The number of hydrogen-bond donors (Lipinski definition) is 1. The smallest absolute Gasteiger partial charge is 0.301 e. The zero-order chi connectivity index (χ0) is 12.3. The van der Waals surface area contributed by atoms with Crippen LogP contribution in [0, 0.1) is 10.1 Å². The third-order valence-electron chi connectivity index (χ3n) is 1.98. The fourth-order valence-electron chi connectivity index (χ4n) is 1.26. The lowest BCUT2D eigenvalue weighted by Crippen LogP contribution is -1.92. The van der Waals surface area contributed by atoms with Crippen molar-refractivity contribution in [2.45, 2.75) is 9.92 Å². The molecule has 0 fully saturated rings. The number of aromatic nitrogens is 1. The first-order chi connectivity index (χ1) is 8.16. The number of benzene rings is 1. The number of hydrogen-bond acceptors (Lipinski definition) is 5. The summed E-state index contributed by atoms with van der Waals surface area (Å²) in [5, 5.41) is 20.4. The Morgan fingerprint density at radius 1 is 1.29 bits per heavy atom. The molecular formula is C11H8N2O3S. The summed E-state index contributed by atoms with van der Waals surface area (Å²) in [7, 11) is 0. The maximum absolute atomic E-state index is 10.8. The Balaban J connectivity index is 2.33. The molecule has 0 aliphatic rings. The number of aromatic hydroxyl groups is 1. The molecule has 5 nitrogen and oxygen atoms in total. The molecule has 1 heterocycles. The standard InChI is InChI=1S/C11H8N2O3S/c14-8-3-1-4-9(7-8)17-11-10(13(15)16)5-2-6-12-11/h1-7,14H. The van der Waals surface area contributed by atoms with Crippen LogP contribution in [0.2, 0.25) is 0 Å². The highest BCUT2D eigenvalue weighted by atomic mass is 32.2. The number of phenolic OH excluding ortho intramolecular Hbond substituents is 1. The Bertz CT molecular complexity index is 560. The van der Waals surface area contributed by atoms with Gasteiger partial charge in [0.1, 0.15) is 5.75 Å². The molecule has 2 aromatic rings. The summed E-state index contributed by atoms with van der Waals surface area (Å²) in [6.07, 6.45) is 1.50. The monoisotopic (exact) mass is 248 g/mol. The van der Waals surface area contributed by atoms with Crippen molar-refractivity contribution in [1.29, 1.82) is 0 Å². The molecule has 0 bridgehead atoms. The van der Waals surface area contributed by atoms with Crippen molar-refractivity contribution in [3.63, 3.8) is 0 Å². The van der Waals surface area contributed by atoms with Crippen LogP contribution in [0.4, 0.5) is 5.69 Å². The van der Waals surface area contributed by atoms with E-state index in [-0.39, 0.29) is 11.4 Å². The minimum atomic E-state index is -0.474. The quantitative estimate of drug-likeness (QED) is 0.667. The van der Waals surface area contributed by atoms with Gasteiger partial charge in [-0.15, -0.1) is 0 Å². The molecule has 0 unspecified atom stereocenters. The number of nitro groups is 1. The van der Waals surface area contributed by atoms with Crippen LogP contribution in [0.25, 0.3) is 0 Å². The molecule has 2 rings (SSSR count). The Kier molecular flexibility index (Phi) is 3.24. The highest BCUT2D eigenvalue weighted by Gasteiger charge is 2.15. The topological polar surface area (TPSA) is 76.3 Å². The molecule has 0 atom stereocenters. The van der Waals surface area contributed by atoms with Gasteiger partial charge in [-0.05, 0) is 24.3 Å². The van der Waals surface area contributed by atoms with Gasteiger partial charge in [0.25, 0.3) is 0 Å². The fraction of sp³-hybridized carbons (Fsp3) is 0. The molecule has 0 saturated carbocycles. The maximum Gasteiger partial charge on any atom is 0.301 e. The van der Waals surface area contributed by atoms with E-state index in [2.05, 4.69) is 4.98 Å². The molecule has 0 spiro atoms. The fourth-order valence-corrected chi connectivity index (χ4v) is 2.17. The number of pyridine rings is 1. The summed E-state index contributed by atoms with van der Waals surface area (Å²) in [4.78, 5) is 15.0. The molecule has 0 aliphatic carbocycles. The van der Waals surface area contributed by atoms with Crippen molar-refractivity contribution >= 4 is 17.4 Å². The first kappa shape index (κ1) is 11.4. The van der Waals surface area contributed by atoms with Gasteiger partial charge >= 0.3 is 5.69 Å². The second-order valence-corrected chi connectivity index (χ2v) is 4.25. The van der Waals surface area contributed by atoms with Crippen molar-refractivity contribution in [2.24, 2.45) is 0 Å². The first-order valence-corrected chi connectivity index (χ1v) is 5.55. The van der Waals surface area contributed by atoms with E-state index in [1.165, 1.54) is 30.5 Å². The second-order valence-electron chi connectivity index (χ2n) is 3.18. The van der Waals surface area contributed by atoms with Gasteiger partial charge in [-0.25, -0.2) is 4.98 Å². The lowest BCUT2D eigenvalue weighted by Gasteiger charge is -2.01. The summed E-state index contributed by atoms with van der Waals surface area (Å²) in [5.74, 6) is 0.119. The van der Waals surface area contributed by atoms with Crippen molar-refractivity contribution in [1.82, 2.24) is 4.98 Å². The zero-order valence-electron chi connectivity index (χ0n) is 8.61. The average molecular weight is 248 g/mol. The van der Waals surface area contributed by atoms with Crippen molar-refractivity contribution in [3.05, 3.63) is 52.7 Å². The van der Waals surface area contributed by atoms with Crippen LogP contribution in [-0.2, 0) is 0 Å². The average Bonchev–Trinajstić information content (AvgIpc) is 2.29. The highest BCUT2D eigenvalue weighted by Crippen LogP contribution is 2.33. The van der Waals surface area contributed by atoms with Crippen molar-refractivity contribution in [3.8, 4) is 5.75 Å². The van der Waals surface area contributed by atoms with E-state index in [1.807, 2.05) is 0 Å². The molecule has 1 aromatic heterocycles. The third kappa shape index (κ3) is 2.73. The highest BCUT2D eigenvalue weighted by molar-refractivity contribution is 7.99. The Hall–Kier alpha value is -2.08. The number of phenols is 1. The van der Waals surface area contributed by atoms with E-state index in [1.54, 1.807) is 12.1 Å². The van der Waals surface area contributed by atoms with Crippen molar-refractivity contribution in [2.75, 3.05) is 0 Å². The molecule has 0 saturated heterocycles. The molecule has 1 aromatic carbocycles. The Morgan fingerprint density at radius 3 is 2.82 bits per heavy atom. The van der Waals surface area contributed by atoms with Gasteiger partial charge in [0.05, 0.1) is 4.92 Å². The number of nitrogens with zero attached hydrogens (tertiary/aromatic N) is 2. The minimum absolute atomic E-state index is 0.0409. The van der Waals surface area contributed by atoms with Crippen molar-refractivity contribution < 1.29 is 10.0 Å². The molecule has 6 heteroatoms. The molecule has 0 aliphatic heterocycles. The largest absolute Gasteiger partial charge is 0.508 e. The molecule has 17 heavy (non-hydrogen) atoms. The first-order valence-electron chi connectivity index (χ1n) is 4.73. The predicted octanol–water partition coefficient (Wildman–Crippen LogP) is 2.85. The SMILES string of the molecule is O=[N+]([O-])c1cccnc1Sc1cccc(O)c1. The van der Waals surface area contributed by atoms with Gasteiger partial charge in [0.2, 0.25) is 0 Å². The van der Waals surface area contributed by atoms with Gasteiger partial charge < -0.3 is 5.11 Å². The molecule has 1 N–H and O–H groups in total. The molecule has 86 valence electrons. The minimum Gasteiger partial charge on any atom is -0.508 e. The van der Waals surface area contributed by atoms with Crippen LogP contribution in [0.1, 0.15) is 0 Å². The summed E-state index contributed by atoms with van der Waals surface area (Å²) >= 11 is 1.14. The lowest BCUT2D eigenvalue weighted by molar-refractivity contribution is -0.388. The van der Waals surface area contributed by atoms with Crippen LogP contribution in [0.15, 0.2) is 52.5 Å². The molecule has 0 amide bonds. The van der Waals surface area contributed by atoms with E-state index in [4.69, 9.17) is 0 Å². The Labute approximate surface area is 101 Å². The normalized spacial score (nSPS) is 10.1. The summed E-state index contributed by atoms with van der Waals surface area (Å²) in [6, 6.07) is 9.41. The van der Waals surface area contributed by atoms with Gasteiger partial charge in [-0.1, -0.05) is 17.8 Å². The molecular weight excluding hydrogens is 240 g/mol. The summed E-state index contributed by atoms with van der Waals surface area (Å²) < 4.78 is 0. The Morgan fingerprint density at radius 2 is 2.12 bits per heavy atom. The van der Waals surface area contributed by atoms with E-state index < -0.39 is 4.92 Å². The van der Waals surface area contributed by atoms with E-state index in [9.17, 15) is 15.2 Å². The lowest BCUT2D eigenvalue weighted by atomic mass is 10.3. The van der Waals surface area contributed by atoms with Crippen LogP contribution < -0.4 is 0 Å². The molecule has 0 radical (unpaired) electrons. The zero-order valence-corrected chi connectivity index (χ0v) is 9.42. The summed E-state index contributed by atoms with van der Waals surface area (Å²) in [5.41, 5.74) is -0.0409. The van der Waals surface area contributed by atoms with Crippen LogP contribution >= 0.6 is 11.8 Å². The van der Waals surface area contributed by atoms with Crippen LogP contribution in [0.5, 0.6) is 5.75 Å². The van der Waals surface area contributed by atoms with Gasteiger partial charge in [-0.2, -0.15) is 0 Å². The number of rotatable bonds is 3. The predicted molar refractivity (Wildman–Crippen MR) is 63.1 cm³/mol. The van der Waals surface area contributed by atoms with E-state index >= 15 is 0 Å². The maximum atomic E-state index is 10.8. The van der Waals surface area contributed by atoms with Gasteiger partial charge in [0, 0.05) is 17.2 Å². The third-order valence-corrected chi connectivity index (χ3v) is 2.98. The van der Waals surface area contributed by atoms with Gasteiger partial charge in [-0.3, -0.25) is 10.1 Å². The van der Waals surface area contributed by atoms with Gasteiger partial charge in [0.15, 0.2) is 5.03 Å². The summed E-state index contributed by atoms with van der Waals surface area (Å²) in [6.45, 7) is 0. The van der Waals surface area contributed by atoms with Crippen LogP contribution in [0.3, 0.4) is 0 Å². The van der Waals surface area contributed by atoms with E-state index in [0.29, 0.717) is 9.92 Å².